The van der Waals surface area contributed by atoms with Gasteiger partial charge in [-0.1, -0.05) is 42.5 Å². The average molecular weight is 422 g/mol. The summed E-state index contributed by atoms with van der Waals surface area (Å²) < 4.78 is 22.9. The largest absolute Gasteiger partial charge is 0.365 e. The Morgan fingerprint density at radius 3 is 2.53 bits per heavy atom. The van der Waals surface area contributed by atoms with Crippen LogP contribution in [0.25, 0.3) is 0 Å². The number of fused-ring (bicyclic) bond motifs is 1. The van der Waals surface area contributed by atoms with Crippen molar-refractivity contribution in [3.63, 3.8) is 0 Å². The molecule has 0 spiro atoms. The van der Waals surface area contributed by atoms with Gasteiger partial charge in [-0.25, -0.2) is 13.4 Å². The Morgan fingerprint density at radius 1 is 1.03 bits per heavy atom. The van der Waals surface area contributed by atoms with E-state index >= 15 is 0 Å². The summed E-state index contributed by atoms with van der Waals surface area (Å²) in [7, 11) is -3.06. The highest BCUT2D eigenvalue weighted by Gasteiger charge is 2.26. The minimum absolute atomic E-state index is 0.0247. The lowest BCUT2D eigenvalue weighted by atomic mass is 10.1. The molecule has 1 aliphatic heterocycles. The second-order valence-corrected chi connectivity index (χ2v) is 9.62. The number of hydrogen-bond donors (Lipinski definition) is 1. The molecule has 7 heteroatoms. The normalized spacial score (nSPS) is 13.2. The van der Waals surface area contributed by atoms with Gasteiger partial charge in [0.1, 0.15) is 5.82 Å². The molecule has 6 nitrogen and oxygen atoms in total. The van der Waals surface area contributed by atoms with Crippen molar-refractivity contribution < 1.29 is 13.2 Å². The van der Waals surface area contributed by atoms with Gasteiger partial charge in [-0.05, 0) is 41.3 Å². The van der Waals surface area contributed by atoms with E-state index in [0.29, 0.717) is 24.5 Å². The Morgan fingerprint density at radius 2 is 1.77 bits per heavy atom. The molecule has 3 aromatic rings. The molecule has 0 unspecified atom stereocenters. The number of carbonyl (C=O) groups excluding carboxylic acids is 1. The van der Waals surface area contributed by atoms with Gasteiger partial charge >= 0.3 is 0 Å². The molecular weight excluding hydrogens is 398 g/mol. The van der Waals surface area contributed by atoms with E-state index in [1.165, 1.54) is 11.8 Å². The monoisotopic (exact) mass is 421 g/mol. The first-order valence-electron chi connectivity index (χ1n) is 9.75. The van der Waals surface area contributed by atoms with E-state index in [0.717, 1.165) is 23.2 Å². The maximum atomic E-state index is 13.2. The summed E-state index contributed by atoms with van der Waals surface area (Å²) in [5.41, 5.74) is 4.39. The number of rotatable bonds is 6. The molecule has 2 aromatic carbocycles. The fraction of sp³-hybridized carbons (Fsp3) is 0.217. The van der Waals surface area contributed by atoms with Gasteiger partial charge < -0.3 is 10.2 Å². The lowest BCUT2D eigenvalue weighted by Crippen LogP contribution is -2.29. The van der Waals surface area contributed by atoms with Crippen LogP contribution in [0.5, 0.6) is 0 Å². The quantitative estimate of drug-likeness (QED) is 0.660. The van der Waals surface area contributed by atoms with Crippen molar-refractivity contribution in [1.29, 1.82) is 0 Å². The summed E-state index contributed by atoms with van der Waals surface area (Å²) >= 11 is 0. The fourth-order valence-electron chi connectivity index (χ4n) is 3.66. The van der Waals surface area contributed by atoms with Crippen LogP contribution in [0.2, 0.25) is 0 Å². The molecule has 30 heavy (non-hydrogen) atoms. The summed E-state index contributed by atoms with van der Waals surface area (Å²) in [5.74, 6) is 0.489. The zero-order valence-corrected chi connectivity index (χ0v) is 17.5. The fourth-order valence-corrected chi connectivity index (χ4v) is 4.45. The first-order chi connectivity index (χ1) is 14.4. The maximum Gasteiger partial charge on any atom is 0.262 e. The maximum absolute atomic E-state index is 13.2. The van der Waals surface area contributed by atoms with E-state index in [1.807, 2.05) is 42.5 Å². The van der Waals surface area contributed by atoms with Crippen LogP contribution in [-0.2, 0) is 28.6 Å². The SMILES string of the molecule is CS(=O)(=O)Cc1ccc(CNc2ncccc2C(=O)N2CCc3ccccc32)cc1. The Balaban J connectivity index is 1.48. The third-order valence-corrected chi connectivity index (χ3v) is 5.94. The number of anilines is 2. The molecule has 0 fully saturated rings. The number of aromatic nitrogens is 1. The van der Waals surface area contributed by atoms with Crippen molar-refractivity contribution in [1.82, 2.24) is 4.98 Å². The van der Waals surface area contributed by atoms with E-state index in [4.69, 9.17) is 0 Å². The predicted octanol–water partition coefficient (Wildman–Crippen LogP) is 3.44. The van der Waals surface area contributed by atoms with Crippen molar-refractivity contribution in [3.05, 3.63) is 89.1 Å². The van der Waals surface area contributed by atoms with Gasteiger partial charge in [-0.15, -0.1) is 0 Å². The first kappa shape index (κ1) is 20.1. The highest BCUT2D eigenvalue weighted by molar-refractivity contribution is 7.89. The van der Waals surface area contributed by atoms with Crippen molar-refractivity contribution in [2.24, 2.45) is 0 Å². The Bertz CT molecular complexity index is 1170. The summed E-state index contributed by atoms with van der Waals surface area (Å²) in [4.78, 5) is 19.4. The molecule has 4 rings (SSSR count). The third-order valence-electron chi connectivity index (χ3n) is 5.08. The van der Waals surface area contributed by atoms with Gasteiger partial charge in [0.15, 0.2) is 9.84 Å². The van der Waals surface area contributed by atoms with Gasteiger partial charge in [0.2, 0.25) is 0 Å². The number of hydrogen-bond acceptors (Lipinski definition) is 5. The van der Waals surface area contributed by atoms with Crippen LogP contribution in [0.4, 0.5) is 11.5 Å². The molecule has 0 saturated carbocycles. The zero-order valence-electron chi connectivity index (χ0n) is 16.7. The molecule has 0 bridgehead atoms. The molecule has 154 valence electrons. The summed E-state index contributed by atoms with van der Waals surface area (Å²) in [5, 5.41) is 3.25. The summed E-state index contributed by atoms with van der Waals surface area (Å²) in [6.45, 7) is 1.14. The summed E-state index contributed by atoms with van der Waals surface area (Å²) in [6, 6.07) is 18.9. The highest BCUT2D eigenvalue weighted by Crippen LogP contribution is 2.30. The third kappa shape index (κ3) is 4.52. The van der Waals surface area contributed by atoms with Gasteiger partial charge in [0, 0.05) is 31.2 Å². The van der Waals surface area contributed by atoms with Crippen LogP contribution in [-0.4, -0.2) is 32.1 Å². The van der Waals surface area contributed by atoms with Crippen molar-refractivity contribution in [2.45, 2.75) is 18.7 Å². The summed E-state index contributed by atoms with van der Waals surface area (Å²) in [6.07, 6.45) is 3.73. The molecule has 1 amide bonds. The second-order valence-electron chi connectivity index (χ2n) is 7.48. The molecular formula is C23H23N3O3S. The average Bonchev–Trinajstić information content (AvgIpc) is 3.16. The topological polar surface area (TPSA) is 79.4 Å². The van der Waals surface area contributed by atoms with Crippen LogP contribution >= 0.6 is 0 Å². The van der Waals surface area contributed by atoms with Gasteiger partial charge in [0.05, 0.1) is 11.3 Å². The molecule has 2 heterocycles. The lowest BCUT2D eigenvalue weighted by Gasteiger charge is -2.19. The van der Waals surface area contributed by atoms with E-state index < -0.39 is 9.84 Å². The number of pyridine rings is 1. The number of sulfone groups is 1. The number of carbonyl (C=O) groups is 1. The predicted molar refractivity (Wildman–Crippen MR) is 118 cm³/mol. The Hall–Kier alpha value is -3.19. The van der Waals surface area contributed by atoms with E-state index in [-0.39, 0.29) is 11.7 Å². The van der Waals surface area contributed by atoms with Gasteiger partial charge in [-0.2, -0.15) is 0 Å². The number of para-hydroxylation sites is 1. The Labute approximate surface area is 176 Å². The zero-order chi connectivity index (χ0) is 21.1. The minimum Gasteiger partial charge on any atom is -0.365 e. The van der Waals surface area contributed by atoms with E-state index in [9.17, 15) is 13.2 Å². The molecule has 0 radical (unpaired) electrons. The molecule has 0 atom stereocenters. The van der Waals surface area contributed by atoms with Crippen LogP contribution in [0, 0.1) is 0 Å². The van der Waals surface area contributed by atoms with Crippen LogP contribution in [0.1, 0.15) is 27.0 Å². The highest BCUT2D eigenvalue weighted by atomic mass is 32.2. The first-order valence-corrected chi connectivity index (χ1v) is 11.8. The van der Waals surface area contributed by atoms with Gasteiger partial charge in [0.25, 0.3) is 5.91 Å². The van der Waals surface area contributed by atoms with Gasteiger partial charge in [-0.3, -0.25) is 4.79 Å². The van der Waals surface area contributed by atoms with E-state index in [1.54, 1.807) is 23.2 Å². The van der Waals surface area contributed by atoms with Crippen molar-refractivity contribution in [2.75, 3.05) is 23.0 Å². The molecule has 0 aliphatic carbocycles. The number of nitrogens with one attached hydrogen (secondary N) is 1. The molecule has 0 saturated heterocycles. The molecule has 1 aliphatic rings. The van der Waals surface area contributed by atoms with Crippen LogP contribution in [0.3, 0.4) is 0 Å². The number of nitrogens with zero attached hydrogens (tertiary/aromatic N) is 2. The number of amides is 1. The lowest BCUT2D eigenvalue weighted by molar-refractivity contribution is 0.0990. The Kier molecular flexibility index (Phi) is 5.55. The van der Waals surface area contributed by atoms with Crippen LogP contribution in [0.15, 0.2) is 66.9 Å². The van der Waals surface area contributed by atoms with Crippen LogP contribution < -0.4 is 10.2 Å². The standard InChI is InChI=1S/C23H23N3O3S/c1-30(28,29)16-18-10-8-17(9-11-18)15-25-22-20(6-4-13-24-22)23(27)26-14-12-19-5-2-3-7-21(19)26/h2-11,13H,12,14-16H2,1H3,(H,24,25). The second kappa shape index (κ2) is 8.28. The van der Waals surface area contributed by atoms with E-state index in [2.05, 4.69) is 16.4 Å². The van der Waals surface area contributed by atoms with Crippen molar-refractivity contribution >= 4 is 27.2 Å². The molecule has 1 aromatic heterocycles. The smallest absolute Gasteiger partial charge is 0.262 e. The molecule has 1 N–H and O–H groups in total. The van der Waals surface area contributed by atoms with Crippen molar-refractivity contribution in [3.8, 4) is 0 Å². The minimum atomic E-state index is -3.06. The number of benzene rings is 2.